The van der Waals surface area contributed by atoms with Gasteiger partial charge in [-0.1, -0.05) is 36.7 Å². The molecule has 0 unspecified atom stereocenters. The van der Waals surface area contributed by atoms with E-state index in [0.717, 1.165) is 4.47 Å². The van der Waals surface area contributed by atoms with Crippen molar-refractivity contribution in [1.29, 1.82) is 0 Å². The molecule has 17 heavy (non-hydrogen) atoms. The Morgan fingerprint density at radius 1 is 1.29 bits per heavy atom. The average molecular weight is 320 g/mol. The molecule has 0 amide bonds. The number of nitrogens with two attached hydrogens (primary N) is 1. The normalized spacial score (nSPS) is 12.7. The second-order valence-electron chi connectivity index (χ2n) is 5.31. The van der Waals surface area contributed by atoms with Gasteiger partial charge in [0.1, 0.15) is 0 Å². The zero-order valence-electron chi connectivity index (χ0n) is 10.3. The van der Waals surface area contributed by atoms with Crippen molar-refractivity contribution in [2.24, 2.45) is 5.41 Å². The predicted molar refractivity (Wildman–Crippen MR) is 74.7 cm³/mol. The van der Waals surface area contributed by atoms with Crippen molar-refractivity contribution in [2.75, 3.05) is 11.5 Å². The zero-order chi connectivity index (χ0) is 13.3. The topological polar surface area (TPSA) is 60.2 Å². The molecular weight excluding hydrogens is 302 g/mol. The number of nitrogen functional groups attached to an aromatic ring is 1. The molecule has 5 heteroatoms. The van der Waals surface area contributed by atoms with E-state index in [1.807, 2.05) is 20.8 Å². The molecule has 0 spiro atoms. The molecular formula is C12H18BrNO2S. The van der Waals surface area contributed by atoms with Crippen molar-refractivity contribution in [2.45, 2.75) is 32.1 Å². The molecule has 0 fully saturated rings. The van der Waals surface area contributed by atoms with Gasteiger partial charge in [-0.15, -0.1) is 0 Å². The summed E-state index contributed by atoms with van der Waals surface area (Å²) in [6.07, 6.45) is 0.612. The summed E-state index contributed by atoms with van der Waals surface area (Å²) in [6, 6.07) is 4.90. The monoisotopic (exact) mass is 319 g/mol. The maximum absolute atomic E-state index is 12.2. The second-order valence-corrected chi connectivity index (χ2v) is 8.30. The van der Waals surface area contributed by atoms with E-state index in [-0.39, 0.29) is 16.1 Å². The van der Waals surface area contributed by atoms with E-state index < -0.39 is 9.84 Å². The summed E-state index contributed by atoms with van der Waals surface area (Å²) in [5.41, 5.74) is 6.02. The molecule has 2 N–H and O–H groups in total. The van der Waals surface area contributed by atoms with Crippen LogP contribution in [0.1, 0.15) is 27.2 Å². The molecule has 0 atom stereocenters. The molecule has 0 aliphatic carbocycles. The summed E-state index contributed by atoms with van der Waals surface area (Å²) in [6.45, 7) is 6.06. The van der Waals surface area contributed by atoms with Gasteiger partial charge in [0, 0.05) is 4.47 Å². The summed E-state index contributed by atoms with van der Waals surface area (Å²) in [5, 5.41) is 0. The summed E-state index contributed by atoms with van der Waals surface area (Å²) in [4.78, 5) is 0.219. The van der Waals surface area contributed by atoms with Gasteiger partial charge in [0.15, 0.2) is 9.84 Å². The van der Waals surface area contributed by atoms with Crippen LogP contribution in [-0.2, 0) is 9.84 Å². The molecule has 0 aromatic heterocycles. The first-order valence-corrected chi connectivity index (χ1v) is 7.84. The van der Waals surface area contributed by atoms with Crippen molar-refractivity contribution in [1.82, 2.24) is 0 Å². The van der Waals surface area contributed by atoms with Crippen LogP contribution in [-0.4, -0.2) is 14.2 Å². The molecule has 1 aromatic carbocycles. The quantitative estimate of drug-likeness (QED) is 0.870. The number of anilines is 1. The molecule has 1 aromatic rings. The van der Waals surface area contributed by atoms with Crippen molar-refractivity contribution >= 4 is 31.5 Å². The minimum atomic E-state index is -3.30. The predicted octanol–water partition coefficient (Wildman–Crippen LogP) is 3.24. The lowest BCUT2D eigenvalue weighted by atomic mass is 9.94. The summed E-state index contributed by atoms with van der Waals surface area (Å²) in [7, 11) is -3.30. The van der Waals surface area contributed by atoms with Gasteiger partial charge in [0.05, 0.1) is 16.3 Å². The molecule has 0 bridgehead atoms. The molecule has 3 nitrogen and oxygen atoms in total. The Labute approximate surface area is 111 Å². The third-order valence-corrected chi connectivity index (χ3v) is 4.69. The Hall–Kier alpha value is -0.550. The van der Waals surface area contributed by atoms with Gasteiger partial charge in [0.2, 0.25) is 0 Å². The van der Waals surface area contributed by atoms with Crippen LogP contribution in [0.5, 0.6) is 0 Å². The Morgan fingerprint density at radius 3 is 2.41 bits per heavy atom. The minimum absolute atomic E-state index is 0.00611. The fourth-order valence-corrected chi connectivity index (χ4v) is 3.68. The van der Waals surface area contributed by atoms with E-state index in [1.54, 1.807) is 18.2 Å². The van der Waals surface area contributed by atoms with Crippen LogP contribution in [0, 0.1) is 5.41 Å². The second kappa shape index (κ2) is 4.98. The van der Waals surface area contributed by atoms with Crippen LogP contribution >= 0.6 is 15.9 Å². The van der Waals surface area contributed by atoms with E-state index in [1.165, 1.54) is 0 Å². The van der Waals surface area contributed by atoms with E-state index in [0.29, 0.717) is 12.1 Å². The first-order valence-electron chi connectivity index (χ1n) is 5.40. The van der Waals surface area contributed by atoms with Gasteiger partial charge >= 0.3 is 0 Å². The van der Waals surface area contributed by atoms with Crippen LogP contribution in [0.4, 0.5) is 5.69 Å². The van der Waals surface area contributed by atoms with Crippen LogP contribution in [0.2, 0.25) is 0 Å². The van der Waals surface area contributed by atoms with E-state index in [9.17, 15) is 8.42 Å². The van der Waals surface area contributed by atoms with Crippen molar-refractivity contribution in [3.05, 3.63) is 22.7 Å². The fourth-order valence-electron chi connectivity index (χ4n) is 1.33. The molecule has 1 rings (SSSR count). The van der Waals surface area contributed by atoms with Crippen LogP contribution < -0.4 is 5.73 Å². The van der Waals surface area contributed by atoms with E-state index in [4.69, 9.17) is 5.73 Å². The lowest BCUT2D eigenvalue weighted by Gasteiger charge is -2.18. The van der Waals surface area contributed by atoms with Gasteiger partial charge in [-0.25, -0.2) is 8.42 Å². The number of halogens is 1. The molecule has 0 radical (unpaired) electrons. The van der Waals surface area contributed by atoms with Gasteiger partial charge in [-0.3, -0.25) is 0 Å². The van der Waals surface area contributed by atoms with Crippen LogP contribution in [0.15, 0.2) is 27.6 Å². The summed E-state index contributed by atoms with van der Waals surface area (Å²) < 4.78 is 25.0. The number of hydrogen-bond donors (Lipinski definition) is 1. The lowest BCUT2D eigenvalue weighted by Crippen LogP contribution is -2.16. The van der Waals surface area contributed by atoms with Crippen LogP contribution in [0.3, 0.4) is 0 Å². The van der Waals surface area contributed by atoms with Gasteiger partial charge in [0.25, 0.3) is 0 Å². The van der Waals surface area contributed by atoms with Gasteiger partial charge in [-0.05, 0) is 30.0 Å². The van der Waals surface area contributed by atoms with Crippen LogP contribution in [0.25, 0.3) is 0 Å². The Kier molecular flexibility index (Phi) is 4.25. The van der Waals surface area contributed by atoms with Crippen molar-refractivity contribution < 1.29 is 8.42 Å². The number of rotatable bonds is 3. The van der Waals surface area contributed by atoms with Gasteiger partial charge < -0.3 is 5.73 Å². The van der Waals surface area contributed by atoms with Gasteiger partial charge in [-0.2, -0.15) is 0 Å². The molecule has 0 saturated heterocycles. The van der Waals surface area contributed by atoms with E-state index in [2.05, 4.69) is 15.9 Å². The highest BCUT2D eigenvalue weighted by Crippen LogP contribution is 2.27. The summed E-state index contributed by atoms with van der Waals surface area (Å²) in [5.74, 6) is 0.122. The van der Waals surface area contributed by atoms with Crippen molar-refractivity contribution in [3.8, 4) is 0 Å². The highest BCUT2D eigenvalue weighted by atomic mass is 79.9. The first kappa shape index (κ1) is 14.5. The van der Waals surface area contributed by atoms with E-state index >= 15 is 0 Å². The molecule has 0 heterocycles. The third kappa shape index (κ3) is 4.32. The zero-order valence-corrected chi connectivity index (χ0v) is 12.7. The largest absolute Gasteiger partial charge is 0.398 e. The Morgan fingerprint density at radius 2 is 1.88 bits per heavy atom. The Balaban J connectivity index is 3.02. The Bertz CT molecular complexity index is 504. The molecule has 0 saturated carbocycles. The number of hydrogen-bond acceptors (Lipinski definition) is 3. The average Bonchev–Trinajstić information content (AvgIpc) is 2.18. The fraction of sp³-hybridized carbons (Fsp3) is 0.500. The molecule has 96 valence electrons. The summed E-state index contributed by atoms with van der Waals surface area (Å²) >= 11 is 3.26. The molecule has 0 aliphatic rings. The highest BCUT2D eigenvalue weighted by Gasteiger charge is 2.21. The number of sulfone groups is 1. The molecule has 0 aliphatic heterocycles. The first-order chi connectivity index (χ1) is 7.62. The minimum Gasteiger partial charge on any atom is -0.398 e. The standard InChI is InChI=1S/C12H18BrNO2S/c1-12(2,3)6-7-17(15,16)11-8-9(13)4-5-10(11)14/h4-5,8H,6-7,14H2,1-3H3. The smallest absolute Gasteiger partial charge is 0.180 e. The lowest BCUT2D eigenvalue weighted by molar-refractivity contribution is 0.397. The SMILES string of the molecule is CC(C)(C)CCS(=O)(=O)c1cc(Br)ccc1N. The highest BCUT2D eigenvalue weighted by molar-refractivity contribution is 9.10. The third-order valence-electron chi connectivity index (χ3n) is 2.43. The maximum Gasteiger partial charge on any atom is 0.180 e. The van der Waals surface area contributed by atoms with Crippen molar-refractivity contribution in [3.63, 3.8) is 0 Å². The maximum atomic E-state index is 12.2. The number of benzene rings is 1.